The molecule has 0 aromatic heterocycles. The summed E-state index contributed by atoms with van der Waals surface area (Å²) in [7, 11) is -4.20. The van der Waals surface area contributed by atoms with Gasteiger partial charge in [-0.2, -0.15) is 0 Å². The zero-order chi connectivity index (χ0) is 32.8. The first kappa shape index (κ1) is 33.7. The van der Waals surface area contributed by atoms with E-state index < -0.39 is 34.1 Å². The van der Waals surface area contributed by atoms with E-state index in [0.717, 1.165) is 26.6 Å². The molecule has 0 aliphatic rings. The summed E-state index contributed by atoms with van der Waals surface area (Å²) in [5.41, 5.74) is 3.30. The minimum absolute atomic E-state index is 0.00188. The highest BCUT2D eigenvalue weighted by atomic mass is 35.5. The molecular formula is C36H40ClN3O4S. The second-order valence-electron chi connectivity index (χ2n) is 12.2. The normalized spacial score (nSPS) is 12.3. The second-order valence-corrected chi connectivity index (χ2v) is 14.5. The monoisotopic (exact) mass is 645 g/mol. The lowest BCUT2D eigenvalue weighted by Gasteiger charge is -2.35. The highest BCUT2D eigenvalue weighted by Gasteiger charge is 2.35. The van der Waals surface area contributed by atoms with Gasteiger partial charge in [0, 0.05) is 23.5 Å². The molecule has 45 heavy (non-hydrogen) atoms. The number of benzene rings is 4. The molecule has 0 radical (unpaired) electrons. The predicted octanol–water partition coefficient (Wildman–Crippen LogP) is 6.71. The largest absolute Gasteiger partial charge is 0.350 e. The fraction of sp³-hybridized carbons (Fsp3) is 0.278. The molecule has 0 saturated heterocycles. The minimum atomic E-state index is -4.20. The minimum Gasteiger partial charge on any atom is -0.350 e. The average Bonchev–Trinajstić information content (AvgIpc) is 2.98. The fourth-order valence-electron chi connectivity index (χ4n) is 5.02. The van der Waals surface area contributed by atoms with Crippen molar-refractivity contribution < 1.29 is 18.0 Å². The smallest absolute Gasteiger partial charge is 0.264 e. The molecule has 4 aromatic carbocycles. The van der Waals surface area contributed by atoms with Gasteiger partial charge in [0.2, 0.25) is 11.8 Å². The Morgan fingerprint density at radius 1 is 0.844 bits per heavy atom. The van der Waals surface area contributed by atoms with Crippen LogP contribution < -0.4 is 9.62 Å². The Bertz CT molecular complexity index is 1740. The van der Waals surface area contributed by atoms with Crippen molar-refractivity contribution in [2.45, 2.75) is 64.1 Å². The predicted molar refractivity (Wildman–Crippen MR) is 181 cm³/mol. The molecule has 7 nitrogen and oxygen atoms in total. The summed E-state index contributed by atoms with van der Waals surface area (Å²) >= 11 is 6.06. The summed E-state index contributed by atoms with van der Waals surface area (Å²) in [4.78, 5) is 30.1. The molecular weight excluding hydrogens is 606 g/mol. The summed E-state index contributed by atoms with van der Waals surface area (Å²) in [6.07, 6.45) is 0.245. The van der Waals surface area contributed by atoms with Crippen LogP contribution in [0.5, 0.6) is 0 Å². The third kappa shape index (κ3) is 8.96. The maximum absolute atomic E-state index is 14.6. The van der Waals surface area contributed by atoms with Gasteiger partial charge in [-0.1, -0.05) is 78.3 Å². The number of nitrogens with one attached hydrogen (secondary N) is 1. The Hall–Kier alpha value is -4.14. The first-order chi connectivity index (χ1) is 21.2. The van der Waals surface area contributed by atoms with Gasteiger partial charge in [-0.25, -0.2) is 8.42 Å². The van der Waals surface area contributed by atoms with Gasteiger partial charge in [-0.3, -0.25) is 13.9 Å². The van der Waals surface area contributed by atoms with Crippen LogP contribution in [0.4, 0.5) is 5.69 Å². The fourth-order valence-corrected chi connectivity index (χ4v) is 6.56. The molecule has 2 amide bonds. The van der Waals surface area contributed by atoms with Gasteiger partial charge in [-0.15, -0.1) is 0 Å². The van der Waals surface area contributed by atoms with Crippen molar-refractivity contribution in [3.63, 3.8) is 0 Å². The van der Waals surface area contributed by atoms with E-state index in [0.29, 0.717) is 10.7 Å². The molecule has 0 spiro atoms. The number of carbonyl (C=O) groups is 2. The third-order valence-electron chi connectivity index (χ3n) is 7.34. The summed E-state index contributed by atoms with van der Waals surface area (Å²) in [6, 6.07) is 29.1. The Morgan fingerprint density at radius 2 is 1.49 bits per heavy atom. The number of hydrogen-bond donors (Lipinski definition) is 1. The van der Waals surface area contributed by atoms with Crippen LogP contribution in [0.25, 0.3) is 0 Å². The van der Waals surface area contributed by atoms with Crippen LogP contribution in [-0.2, 0) is 32.6 Å². The molecule has 1 N–H and O–H groups in total. The third-order valence-corrected chi connectivity index (χ3v) is 9.38. The van der Waals surface area contributed by atoms with Crippen molar-refractivity contribution in [1.82, 2.24) is 10.2 Å². The molecule has 4 aromatic rings. The van der Waals surface area contributed by atoms with Crippen molar-refractivity contribution in [2.24, 2.45) is 0 Å². The van der Waals surface area contributed by atoms with Gasteiger partial charge in [0.25, 0.3) is 10.0 Å². The molecule has 0 heterocycles. The number of hydrogen-bond acceptors (Lipinski definition) is 4. The van der Waals surface area contributed by atoms with Gasteiger partial charge in [-0.05, 0) is 93.3 Å². The number of nitrogens with zero attached hydrogens (tertiary/aromatic N) is 2. The van der Waals surface area contributed by atoms with Crippen LogP contribution in [0.1, 0.15) is 43.0 Å². The summed E-state index contributed by atoms with van der Waals surface area (Å²) in [5.74, 6) is -0.835. The average molecular weight is 646 g/mol. The van der Waals surface area contributed by atoms with Crippen LogP contribution in [0.3, 0.4) is 0 Å². The molecule has 0 saturated carbocycles. The maximum atomic E-state index is 14.6. The molecule has 9 heteroatoms. The SMILES string of the molecule is Cc1cccc(N(CC(=O)N(Cc2ccccc2C)C(Cc2ccccc2)C(=O)NC(C)(C)C)S(=O)(=O)c2ccc(Cl)cc2)c1. The van der Waals surface area contributed by atoms with E-state index in [4.69, 9.17) is 11.6 Å². The van der Waals surface area contributed by atoms with E-state index in [1.807, 2.05) is 95.3 Å². The van der Waals surface area contributed by atoms with Gasteiger partial charge in [0.05, 0.1) is 10.6 Å². The molecule has 0 fully saturated rings. The van der Waals surface area contributed by atoms with E-state index in [9.17, 15) is 18.0 Å². The lowest BCUT2D eigenvalue weighted by atomic mass is 10.00. The van der Waals surface area contributed by atoms with E-state index in [1.54, 1.807) is 18.2 Å². The lowest BCUT2D eigenvalue weighted by Crippen LogP contribution is -2.56. The van der Waals surface area contributed by atoms with Gasteiger partial charge >= 0.3 is 0 Å². The topological polar surface area (TPSA) is 86.8 Å². The Kier molecular flexibility index (Phi) is 10.7. The number of halogens is 1. The molecule has 1 atom stereocenters. The van der Waals surface area contributed by atoms with Gasteiger partial charge in [0.15, 0.2) is 0 Å². The summed E-state index contributed by atoms with van der Waals surface area (Å²) in [6.45, 7) is 9.05. The van der Waals surface area contributed by atoms with Crippen LogP contribution in [0, 0.1) is 13.8 Å². The second kappa shape index (κ2) is 14.3. The number of aryl methyl sites for hydroxylation is 2. The maximum Gasteiger partial charge on any atom is 0.264 e. The number of rotatable bonds is 11. The van der Waals surface area contributed by atoms with Crippen molar-refractivity contribution >= 4 is 39.1 Å². The molecule has 0 aliphatic carbocycles. The highest BCUT2D eigenvalue weighted by molar-refractivity contribution is 7.92. The van der Waals surface area contributed by atoms with Crippen LogP contribution in [0.15, 0.2) is 108 Å². The van der Waals surface area contributed by atoms with Crippen molar-refractivity contribution in [2.75, 3.05) is 10.8 Å². The standard InChI is InChI=1S/C36H40ClN3O4S/c1-26-12-11-17-31(22-26)40(45(43,44)32-20-18-30(37)19-21-32)25-34(41)39(24-29-16-10-9-13-27(29)2)33(35(42)38-36(3,4)5)23-28-14-7-6-8-15-28/h6-22,33H,23-25H2,1-5H3,(H,38,42). The number of sulfonamides is 1. The van der Waals surface area contributed by atoms with Crippen LogP contribution in [0.2, 0.25) is 5.02 Å². The molecule has 4 rings (SSSR count). The van der Waals surface area contributed by atoms with E-state index in [2.05, 4.69) is 5.32 Å². The summed E-state index contributed by atoms with van der Waals surface area (Å²) < 4.78 is 29.4. The van der Waals surface area contributed by atoms with Gasteiger partial charge < -0.3 is 10.2 Å². The van der Waals surface area contributed by atoms with E-state index in [-0.39, 0.29) is 23.8 Å². The Morgan fingerprint density at radius 3 is 2.11 bits per heavy atom. The van der Waals surface area contributed by atoms with Crippen molar-refractivity contribution in [3.8, 4) is 0 Å². The Balaban J connectivity index is 1.83. The van der Waals surface area contributed by atoms with E-state index >= 15 is 0 Å². The molecule has 0 aliphatic heterocycles. The van der Waals surface area contributed by atoms with Crippen LogP contribution >= 0.6 is 11.6 Å². The van der Waals surface area contributed by atoms with E-state index in [1.165, 1.54) is 29.2 Å². The summed E-state index contributed by atoms with van der Waals surface area (Å²) in [5, 5.41) is 3.45. The number of carbonyl (C=O) groups excluding carboxylic acids is 2. The zero-order valence-electron chi connectivity index (χ0n) is 26.3. The zero-order valence-corrected chi connectivity index (χ0v) is 27.9. The molecule has 1 unspecified atom stereocenters. The molecule has 236 valence electrons. The quantitative estimate of drug-likeness (QED) is 0.197. The molecule has 0 bridgehead atoms. The Labute approximate surface area is 271 Å². The van der Waals surface area contributed by atoms with Crippen LogP contribution in [-0.4, -0.2) is 43.3 Å². The van der Waals surface area contributed by atoms with Gasteiger partial charge in [0.1, 0.15) is 12.6 Å². The van der Waals surface area contributed by atoms with Crippen molar-refractivity contribution in [3.05, 3.63) is 130 Å². The number of anilines is 1. The highest BCUT2D eigenvalue weighted by Crippen LogP contribution is 2.27. The lowest BCUT2D eigenvalue weighted by molar-refractivity contribution is -0.140. The first-order valence-electron chi connectivity index (χ1n) is 14.8. The van der Waals surface area contributed by atoms with Crippen molar-refractivity contribution in [1.29, 1.82) is 0 Å². The first-order valence-corrected chi connectivity index (χ1v) is 16.6. The number of amides is 2.